The minimum absolute atomic E-state index is 0.221. The van der Waals surface area contributed by atoms with Crippen LogP contribution in [0.4, 0.5) is 5.69 Å². The summed E-state index contributed by atoms with van der Waals surface area (Å²) in [4.78, 5) is 12.8. The zero-order chi connectivity index (χ0) is 11.1. The summed E-state index contributed by atoms with van der Waals surface area (Å²) in [7, 11) is 0. The molecule has 0 unspecified atom stereocenters. The molecule has 1 saturated carbocycles. The van der Waals surface area contributed by atoms with Crippen molar-refractivity contribution in [2.45, 2.75) is 31.8 Å². The van der Waals surface area contributed by atoms with Crippen LogP contribution in [0.25, 0.3) is 0 Å². The molecule has 3 rings (SSSR count). The third kappa shape index (κ3) is 1.69. The van der Waals surface area contributed by atoms with Crippen molar-refractivity contribution in [2.24, 2.45) is 0 Å². The van der Waals surface area contributed by atoms with Crippen LogP contribution in [0.3, 0.4) is 0 Å². The van der Waals surface area contributed by atoms with Gasteiger partial charge in [0, 0.05) is 31.3 Å². The molecule has 1 aromatic carbocycles. The molecule has 0 bridgehead atoms. The van der Waals surface area contributed by atoms with Crippen LogP contribution < -0.4 is 0 Å². The lowest BCUT2D eigenvalue weighted by Crippen LogP contribution is -2.32. The maximum Gasteiger partial charge on any atom is 0.269 e. The van der Waals surface area contributed by atoms with Crippen LogP contribution >= 0.6 is 0 Å². The molecule has 0 radical (unpaired) electrons. The number of non-ortho nitro benzene ring substituents is 1. The van der Waals surface area contributed by atoms with Crippen molar-refractivity contribution < 1.29 is 4.92 Å². The lowest BCUT2D eigenvalue weighted by molar-refractivity contribution is -0.384. The number of nitro groups is 1. The molecule has 1 fully saturated rings. The molecule has 0 N–H and O–H groups in total. The van der Waals surface area contributed by atoms with E-state index >= 15 is 0 Å². The van der Waals surface area contributed by atoms with E-state index in [9.17, 15) is 10.1 Å². The summed E-state index contributed by atoms with van der Waals surface area (Å²) in [5.74, 6) is 0. The Morgan fingerprint density at radius 3 is 2.81 bits per heavy atom. The summed E-state index contributed by atoms with van der Waals surface area (Å²) in [5, 5.41) is 10.7. The Labute approximate surface area is 94.0 Å². The molecule has 0 saturated heterocycles. The van der Waals surface area contributed by atoms with Crippen LogP contribution in [0.15, 0.2) is 18.2 Å². The van der Waals surface area contributed by atoms with Gasteiger partial charge in [-0.05, 0) is 30.4 Å². The number of fused-ring (bicyclic) bond motifs is 1. The maximum absolute atomic E-state index is 10.7. The van der Waals surface area contributed by atoms with E-state index in [0.717, 1.165) is 31.1 Å². The standard InChI is InChI=1S/C12H14N2O2/c15-14(16)12-2-1-10-8-13(11-3-4-11)6-5-9(10)7-12/h1-2,7,11H,3-6,8H2. The molecular weight excluding hydrogens is 204 g/mol. The smallest absolute Gasteiger partial charge is 0.269 e. The first-order chi connectivity index (χ1) is 7.74. The Hall–Kier alpha value is -1.42. The molecule has 1 heterocycles. The maximum atomic E-state index is 10.7. The molecule has 16 heavy (non-hydrogen) atoms. The summed E-state index contributed by atoms with van der Waals surface area (Å²) in [6.07, 6.45) is 3.60. The lowest BCUT2D eigenvalue weighted by Gasteiger charge is -2.28. The van der Waals surface area contributed by atoms with Crippen molar-refractivity contribution in [1.82, 2.24) is 4.90 Å². The predicted molar refractivity (Wildman–Crippen MR) is 60.2 cm³/mol. The second kappa shape index (κ2) is 3.56. The first-order valence-corrected chi connectivity index (χ1v) is 5.74. The van der Waals surface area contributed by atoms with E-state index in [1.807, 2.05) is 6.07 Å². The first kappa shape index (κ1) is 9.78. The van der Waals surface area contributed by atoms with Crippen molar-refractivity contribution in [3.63, 3.8) is 0 Å². The second-order valence-corrected chi connectivity index (χ2v) is 4.66. The fourth-order valence-electron chi connectivity index (χ4n) is 2.43. The minimum Gasteiger partial charge on any atom is -0.296 e. The number of hydrogen-bond acceptors (Lipinski definition) is 3. The highest BCUT2D eigenvalue weighted by Gasteiger charge is 2.31. The molecule has 0 aromatic heterocycles. The van der Waals surface area contributed by atoms with Gasteiger partial charge in [0.25, 0.3) is 5.69 Å². The minimum atomic E-state index is -0.312. The Morgan fingerprint density at radius 2 is 2.12 bits per heavy atom. The highest BCUT2D eigenvalue weighted by Crippen LogP contribution is 2.32. The van der Waals surface area contributed by atoms with E-state index in [0.29, 0.717) is 0 Å². The van der Waals surface area contributed by atoms with Crippen molar-refractivity contribution in [1.29, 1.82) is 0 Å². The zero-order valence-electron chi connectivity index (χ0n) is 9.06. The van der Waals surface area contributed by atoms with Crippen LogP contribution in [-0.4, -0.2) is 22.4 Å². The van der Waals surface area contributed by atoms with Gasteiger partial charge >= 0.3 is 0 Å². The van der Waals surface area contributed by atoms with Crippen molar-refractivity contribution >= 4 is 5.69 Å². The largest absolute Gasteiger partial charge is 0.296 e. The fourth-order valence-corrected chi connectivity index (χ4v) is 2.43. The van der Waals surface area contributed by atoms with Gasteiger partial charge < -0.3 is 0 Å². The van der Waals surface area contributed by atoms with E-state index in [4.69, 9.17) is 0 Å². The summed E-state index contributed by atoms with van der Waals surface area (Å²) in [6.45, 7) is 2.02. The number of rotatable bonds is 2. The van der Waals surface area contributed by atoms with Gasteiger partial charge in [0.05, 0.1) is 4.92 Å². The summed E-state index contributed by atoms with van der Waals surface area (Å²) in [5.41, 5.74) is 2.65. The van der Waals surface area contributed by atoms with Gasteiger partial charge in [0.15, 0.2) is 0 Å². The third-order valence-corrected chi connectivity index (χ3v) is 3.51. The van der Waals surface area contributed by atoms with Gasteiger partial charge in [-0.15, -0.1) is 0 Å². The third-order valence-electron chi connectivity index (χ3n) is 3.51. The van der Waals surface area contributed by atoms with Gasteiger partial charge in [0.2, 0.25) is 0 Å². The molecular formula is C12H14N2O2. The van der Waals surface area contributed by atoms with E-state index in [1.165, 1.54) is 18.4 Å². The van der Waals surface area contributed by atoms with Crippen LogP contribution in [0.1, 0.15) is 24.0 Å². The lowest BCUT2D eigenvalue weighted by atomic mass is 9.99. The SMILES string of the molecule is O=[N+]([O-])c1ccc2c(c1)CCN(C1CC1)C2. The van der Waals surface area contributed by atoms with Gasteiger partial charge in [-0.25, -0.2) is 0 Å². The molecule has 1 aliphatic heterocycles. The van der Waals surface area contributed by atoms with Crippen molar-refractivity contribution in [3.05, 3.63) is 39.4 Å². The normalized spacial score (nSPS) is 20.5. The van der Waals surface area contributed by atoms with E-state index in [1.54, 1.807) is 12.1 Å². The highest BCUT2D eigenvalue weighted by atomic mass is 16.6. The van der Waals surface area contributed by atoms with Crippen LogP contribution in [0.2, 0.25) is 0 Å². The van der Waals surface area contributed by atoms with Gasteiger partial charge in [-0.2, -0.15) is 0 Å². The average Bonchev–Trinajstić information content (AvgIpc) is 3.11. The number of hydrogen-bond donors (Lipinski definition) is 0. The van der Waals surface area contributed by atoms with E-state index in [2.05, 4.69) is 4.90 Å². The first-order valence-electron chi connectivity index (χ1n) is 5.74. The zero-order valence-corrected chi connectivity index (χ0v) is 9.06. The Kier molecular flexibility index (Phi) is 2.17. The molecule has 0 spiro atoms. The van der Waals surface area contributed by atoms with Crippen LogP contribution in [-0.2, 0) is 13.0 Å². The molecule has 4 nitrogen and oxygen atoms in total. The van der Waals surface area contributed by atoms with E-state index in [-0.39, 0.29) is 10.6 Å². The summed E-state index contributed by atoms with van der Waals surface area (Å²) in [6, 6.07) is 6.06. The van der Waals surface area contributed by atoms with E-state index < -0.39 is 0 Å². The molecule has 0 atom stereocenters. The Balaban J connectivity index is 1.86. The van der Waals surface area contributed by atoms with Gasteiger partial charge in [-0.3, -0.25) is 15.0 Å². The molecule has 0 amide bonds. The van der Waals surface area contributed by atoms with Crippen molar-refractivity contribution in [2.75, 3.05) is 6.54 Å². The van der Waals surface area contributed by atoms with Crippen LogP contribution in [0.5, 0.6) is 0 Å². The molecule has 1 aliphatic carbocycles. The Bertz CT molecular complexity index is 441. The van der Waals surface area contributed by atoms with Gasteiger partial charge in [0.1, 0.15) is 0 Å². The van der Waals surface area contributed by atoms with Crippen molar-refractivity contribution in [3.8, 4) is 0 Å². The number of nitro benzene ring substituents is 1. The number of benzene rings is 1. The quantitative estimate of drug-likeness (QED) is 0.564. The predicted octanol–water partition coefficient (Wildman–Crippen LogP) is 2.12. The second-order valence-electron chi connectivity index (χ2n) is 4.66. The monoisotopic (exact) mass is 218 g/mol. The molecule has 4 heteroatoms. The Morgan fingerprint density at radius 1 is 1.31 bits per heavy atom. The molecule has 1 aromatic rings. The van der Waals surface area contributed by atoms with Crippen LogP contribution in [0, 0.1) is 10.1 Å². The average molecular weight is 218 g/mol. The summed E-state index contributed by atoms with van der Waals surface area (Å²) < 4.78 is 0. The number of nitrogens with zero attached hydrogens (tertiary/aromatic N) is 2. The molecule has 2 aliphatic rings. The van der Waals surface area contributed by atoms with Gasteiger partial charge in [-0.1, -0.05) is 6.07 Å². The molecule has 84 valence electrons. The summed E-state index contributed by atoms with van der Waals surface area (Å²) >= 11 is 0. The topological polar surface area (TPSA) is 46.4 Å². The fraction of sp³-hybridized carbons (Fsp3) is 0.500. The highest BCUT2D eigenvalue weighted by molar-refractivity contribution is 5.41.